The highest BCUT2D eigenvalue weighted by Crippen LogP contribution is 2.23. The normalized spacial score (nSPS) is 23.6. The molecule has 1 aliphatic carbocycles. The fourth-order valence-electron chi connectivity index (χ4n) is 2.85. The zero-order valence-corrected chi connectivity index (χ0v) is 11.5. The summed E-state index contributed by atoms with van der Waals surface area (Å²) in [6, 6.07) is 6.98. The summed E-state index contributed by atoms with van der Waals surface area (Å²) >= 11 is 0. The van der Waals surface area contributed by atoms with Gasteiger partial charge in [-0.2, -0.15) is 5.26 Å². The molecule has 1 N–H and O–H groups in total. The standard InChI is InChI=1S/C16H21FN2/c1-12-5-3-2-4-6-16(12)19-11-14-9-15(17)8-7-13(14)10-18/h7-9,12,16,19H,2-6,11H2,1H3. The monoisotopic (exact) mass is 260 g/mol. The molecule has 19 heavy (non-hydrogen) atoms. The molecule has 1 aromatic rings. The highest BCUT2D eigenvalue weighted by molar-refractivity contribution is 5.37. The van der Waals surface area contributed by atoms with Gasteiger partial charge >= 0.3 is 0 Å². The van der Waals surface area contributed by atoms with Crippen LogP contribution in [-0.4, -0.2) is 6.04 Å². The van der Waals surface area contributed by atoms with E-state index in [4.69, 9.17) is 5.26 Å². The van der Waals surface area contributed by atoms with Gasteiger partial charge in [-0.15, -0.1) is 0 Å². The Morgan fingerprint density at radius 2 is 2.11 bits per heavy atom. The van der Waals surface area contributed by atoms with Gasteiger partial charge in [0, 0.05) is 12.6 Å². The van der Waals surface area contributed by atoms with Crippen molar-refractivity contribution in [1.29, 1.82) is 5.26 Å². The molecule has 102 valence electrons. The maximum atomic E-state index is 13.3. The molecule has 2 atom stereocenters. The number of rotatable bonds is 3. The maximum absolute atomic E-state index is 13.3. The molecule has 1 saturated carbocycles. The van der Waals surface area contributed by atoms with Crippen molar-refractivity contribution in [1.82, 2.24) is 5.32 Å². The number of halogens is 1. The Bertz CT molecular complexity index is 464. The van der Waals surface area contributed by atoms with Gasteiger partial charge in [-0.3, -0.25) is 0 Å². The van der Waals surface area contributed by atoms with Gasteiger partial charge in [0.1, 0.15) is 5.82 Å². The summed E-state index contributed by atoms with van der Waals surface area (Å²) in [7, 11) is 0. The van der Waals surface area contributed by atoms with Crippen LogP contribution in [-0.2, 0) is 6.54 Å². The van der Waals surface area contributed by atoms with E-state index in [0.717, 1.165) is 5.56 Å². The van der Waals surface area contributed by atoms with E-state index in [0.29, 0.717) is 24.1 Å². The molecule has 1 aliphatic rings. The minimum atomic E-state index is -0.273. The number of benzene rings is 1. The summed E-state index contributed by atoms with van der Waals surface area (Å²) in [4.78, 5) is 0. The van der Waals surface area contributed by atoms with Crippen LogP contribution in [0.3, 0.4) is 0 Å². The van der Waals surface area contributed by atoms with Crippen molar-refractivity contribution in [3.05, 3.63) is 35.1 Å². The van der Waals surface area contributed by atoms with Crippen LogP contribution < -0.4 is 5.32 Å². The number of hydrogen-bond acceptors (Lipinski definition) is 2. The van der Waals surface area contributed by atoms with Gasteiger partial charge in [0.25, 0.3) is 0 Å². The summed E-state index contributed by atoms with van der Waals surface area (Å²) in [5, 5.41) is 12.6. The lowest BCUT2D eigenvalue weighted by Gasteiger charge is -2.23. The first-order chi connectivity index (χ1) is 9.20. The van der Waals surface area contributed by atoms with E-state index in [1.165, 1.54) is 44.2 Å². The van der Waals surface area contributed by atoms with Crippen molar-refractivity contribution in [3.8, 4) is 6.07 Å². The van der Waals surface area contributed by atoms with E-state index in [2.05, 4.69) is 18.3 Å². The molecule has 2 rings (SSSR count). The van der Waals surface area contributed by atoms with Gasteiger partial charge in [-0.1, -0.05) is 26.2 Å². The molecule has 3 heteroatoms. The van der Waals surface area contributed by atoms with Crippen molar-refractivity contribution in [2.24, 2.45) is 5.92 Å². The quantitative estimate of drug-likeness (QED) is 0.840. The Kier molecular flexibility index (Phi) is 4.93. The Morgan fingerprint density at radius 1 is 1.32 bits per heavy atom. The van der Waals surface area contributed by atoms with Crippen LogP contribution in [0.1, 0.15) is 50.2 Å². The predicted molar refractivity (Wildman–Crippen MR) is 74.0 cm³/mol. The second-order valence-electron chi connectivity index (χ2n) is 5.52. The van der Waals surface area contributed by atoms with E-state index in [1.807, 2.05) is 0 Å². The lowest BCUT2D eigenvalue weighted by atomic mass is 9.96. The molecule has 0 aromatic heterocycles. The zero-order chi connectivity index (χ0) is 13.7. The third kappa shape index (κ3) is 3.78. The van der Waals surface area contributed by atoms with Crippen LogP contribution in [0, 0.1) is 23.1 Å². The third-order valence-electron chi connectivity index (χ3n) is 4.10. The van der Waals surface area contributed by atoms with Gasteiger partial charge in [0.15, 0.2) is 0 Å². The van der Waals surface area contributed by atoms with E-state index < -0.39 is 0 Å². The molecule has 0 aliphatic heterocycles. The summed E-state index contributed by atoms with van der Waals surface area (Å²) in [6.07, 6.45) is 6.31. The first-order valence-electron chi connectivity index (χ1n) is 7.12. The summed E-state index contributed by atoms with van der Waals surface area (Å²) in [6.45, 7) is 2.86. The number of nitriles is 1. The fourth-order valence-corrected chi connectivity index (χ4v) is 2.85. The smallest absolute Gasteiger partial charge is 0.123 e. The molecule has 1 fully saturated rings. The van der Waals surface area contributed by atoms with Crippen molar-refractivity contribution in [3.63, 3.8) is 0 Å². The molecule has 0 bridgehead atoms. The molecule has 0 radical (unpaired) electrons. The Labute approximate surface area is 114 Å². The predicted octanol–water partition coefficient (Wildman–Crippen LogP) is 3.76. The molecule has 0 amide bonds. The zero-order valence-electron chi connectivity index (χ0n) is 11.5. The second kappa shape index (κ2) is 6.68. The molecule has 2 unspecified atom stereocenters. The van der Waals surface area contributed by atoms with Gasteiger partial charge in [-0.05, 0) is 42.5 Å². The van der Waals surface area contributed by atoms with Crippen molar-refractivity contribution in [2.75, 3.05) is 0 Å². The largest absolute Gasteiger partial charge is 0.310 e. The first kappa shape index (κ1) is 14.0. The Morgan fingerprint density at radius 3 is 2.89 bits per heavy atom. The minimum Gasteiger partial charge on any atom is -0.310 e. The van der Waals surface area contributed by atoms with E-state index in [1.54, 1.807) is 6.07 Å². The van der Waals surface area contributed by atoms with Crippen LogP contribution in [0.2, 0.25) is 0 Å². The van der Waals surface area contributed by atoms with Gasteiger partial charge in [0.05, 0.1) is 11.6 Å². The van der Waals surface area contributed by atoms with Crippen LogP contribution in [0.25, 0.3) is 0 Å². The van der Waals surface area contributed by atoms with Crippen LogP contribution in [0.4, 0.5) is 4.39 Å². The molecule has 0 spiro atoms. The second-order valence-corrected chi connectivity index (χ2v) is 5.52. The van der Waals surface area contributed by atoms with Crippen LogP contribution >= 0.6 is 0 Å². The SMILES string of the molecule is CC1CCCCCC1NCc1cc(F)ccc1C#N. The van der Waals surface area contributed by atoms with Gasteiger partial charge < -0.3 is 5.32 Å². The Hall–Kier alpha value is -1.40. The van der Waals surface area contributed by atoms with E-state index in [9.17, 15) is 4.39 Å². The summed E-state index contributed by atoms with van der Waals surface area (Å²) in [5.74, 6) is 0.381. The maximum Gasteiger partial charge on any atom is 0.123 e. The average Bonchev–Trinajstić information content (AvgIpc) is 2.61. The third-order valence-corrected chi connectivity index (χ3v) is 4.10. The van der Waals surface area contributed by atoms with Crippen molar-refractivity contribution >= 4 is 0 Å². The molecule has 0 saturated heterocycles. The number of nitrogens with one attached hydrogen (secondary N) is 1. The van der Waals surface area contributed by atoms with Gasteiger partial charge in [-0.25, -0.2) is 4.39 Å². The molecule has 2 nitrogen and oxygen atoms in total. The summed E-state index contributed by atoms with van der Waals surface area (Å²) < 4.78 is 13.3. The first-order valence-corrected chi connectivity index (χ1v) is 7.12. The topological polar surface area (TPSA) is 35.8 Å². The van der Waals surface area contributed by atoms with Crippen molar-refractivity contribution < 1.29 is 4.39 Å². The lowest BCUT2D eigenvalue weighted by molar-refractivity contribution is 0.356. The van der Waals surface area contributed by atoms with Crippen LogP contribution in [0.15, 0.2) is 18.2 Å². The number of hydrogen-bond donors (Lipinski definition) is 1. The molecular weight excluding hydrogens is 239 g/mol. The molecule has 0 heterocycles. The highest BCUT2D eigenvalue weighted by atomic mass is 19.1. The highest BCUT2D eigenvalue weighted by Gasteiger charge is 2.19. The fraction of sp³-hybridized carbons (Fsp3) is 0.562. The van der Waals surface area contributed by atoms with Crippen LogP contribution in [0.5, 0.6) is 0 Å². The molecule has 1 aromatic carbocycles. The lowest BCUT2D eigenvalue weighted by Crippen LogP contribution is -2.34. The minimum absolute atomic E-state index is 0.273. The average molecular weight is 260 g/mol. The van der Waals surface area contributed by atoms with Gasteiger partial charge in [0.2, 0.25) is 0 Å². The van der Waals surface area contributed by atoms with E-state index in [-0.39, 0.29) is 5.82 Å². The van der Waals surface area contributed by atoms with Crippen molar-refractivity contribution in [2.45, 2.75) is 51.6 Å². The molecular formula is C16H21FN2. The summed E-state index contributed by atoms with van der Waals surface area (Å²) in [5.41, 5.74) is 1.33. The Balaban J connectivity index is 2.01. The number of nitrogens with zero attached hydrogens (tertiary/aromatic N) is 1. The van der Waals surface area contributed by atoms with E-state index >= 15 is 0 Å².